The van der Waals surface area contributed by atoms with Crippen molar-refractivity contribution in [2.45, 2.75) is 25.3 Å². The summed E-state index contributed by atoms with van der Waals surface area (Å²) in [6, 6.07) is 4.54. The van der Waals surface area contributed by atoms with Gasteiger partial charge in [-0.3, -0.25) is 11.3 Å². The third kappa shape index (κ3) is 3.42. The van der Waals surface area contributed by atoms with Gasteiger partial charge in [-0.15, -0.1) is 0 Å². The third-order valence-electron chi connectivity index (χ3n) is 3.50. The summed E-state index contributed by atoms with van der Waals surface area (Å²) < 4.78 is 18.5. The highest BCUT2D eigenvalue weighted by molar-refractivity contribution is 6.31. The summed E-state index contributed by atoms with van der Waals surface area (Å²) in [5.41, 5.74) is 3.63. The van der Waals surface area contributed by atoms with E-state index in [9.17, 15) is 4.39 Å². The van der Waals surface area contributed by atoms with Gasteiger partial charge in [-0.05, 0) is 48.9 Å². The molecule has 18 heavy (non-hydrogen) atoms. The molecular formula is C13H18ClFN2O. The Morgan fingerprint density at radius 1 is 1.44 bits per heavy atom. The van der Waals surface area contributed by atoms with Crippen LogP contribution in [0.15, 0.2) is 18.2 Å². The highest BCUT2D eigenvalue weighted by atomic mass is 35.5. The highest BCUT2D eigenvalue weighted by Crippen LogP contribution is 2.24. The molecule has 2 rings (SSSR count). The third-order valence-corrected chi connectivity index (χ3v) is 3.87. The summed E-state index contributed by atoms with van der Waals surface area (Å²) in [5, 5.41) is 0.587. The smallest absolute Gasteiger partial charge is 0.123 e. The number of hydrogen-bond acceptors (Lipinski definition) is 3. The van der Waals surface area contributed by atoms with E-state index in [1.807, 2.05) is 0 Å². The summed E-state index contributed by atoms with van der Waals surface area (Å²) >= 11 is 6.08. The molecule has 1 aliphatic heterocycles. The topological polar surface area (TPSA) is 47.3 Å². The van der Waals surface area contributed by atoms with Crippen molar-refractivity contribution in [3.8, 4) is 0 Å². The van der Waals surface area contributed by atoms with Crippen LogP contribution in [0.5, 0.6) is 0 Å². The lowest BCUT2D eigenvalue weighted by atomic mass is 9.88. The van der Waals surface area contributed by atoms with Crippen LogP contribution < -0.4 is 11.3 Å². The first kappa shape index (κ1) is 13.7. The predicted molar refractivity (Wildman–Crippen MR) is 69.8 cm³/mol. The SMILES string of the molecule is NNC(Cc1cc(F)ccc1Cl)C1CCOCC1. The van der Waals surface area contributed by atoms with Crippen LogP contribution in [0.25, 0.3) is 0 Å². The van der Waals surface area contributed by atoms with Gasteiger partial charge in [0, 0.05) is 24.3 Å². The van der Waals surface area contributed by atoms with E-state index in [1.54, 1.807) is 6.07 Å². The number of halogens is 2. The van der Waals surface area contributed by atoms with Crippen LogP contribution in [-0.2, 0) is 11.2 Å². The van der Waals surface area contributed by atoms with E-state index in [4.69, 9.17) is 22.2 Å². The van der Waals surface area contributed by atoms with Gasteiger partial charge in [0.2, 0.25) is 0 Å². The van der Waals surface area contributed by atoms with Gasteiger partial charge in [-0.2, -0.15) is 0 Å². The maximum absolute atomic E-state index is 13.2. The standard InChI is InChI=1S/C13H18ClFN2O/c14-12-2-1-11(15)7-10(12)8-13(17-16)9-3-5-18-6-4-9/h1-2,7,9,13,17H,3-6,8,16H2. The number of nitrogens with two attached hydrogens (primary N) is 1. The van der Waals surface area contributed by atoms with Crippen molar-refractivity contribution >= 4 is 11.6 Å². The molecule has 0 aliphatic carbocycles. The summed E-state index contributed by atoms with van der Waals surface area (Å²) in [4.78, 5) is 0. The zero-order chi connectivity index (χ0) is 13.0. The Morgan fingerprint density at radius 2 is 2.17 bits per heavy atom. The second kappa shape index (κ2) is 6.48. The summed E-state index contributed by atoms with van der Waals surface area (Å²) in [7, 11) is 0. The normalized spacial score (nSPS) is 18.8. The molecule has 0 spiro atoms. The fraction of sp³-hybridized carbons (Fsp3) is 0.538. The van der Waals surface area contributed by atoms with Crippen molar-refractivity contribution in [1.29, 1.82) is 0 Å². The second-order valence-electron chi connectivity index (χ2n) is 4.66. The van der Waals surface area contributed by atoms with Gasteiger partial charge in [-0.25, -0.2) is 4.39 Å². The summed E-state index contributed by atoms with van der Waals surface area (Å²) in [5.74, 6) is 5.79. The minimum atomic E-state index is -0.267. The molecular weight excluding hydrogens is 255 g/mol. The molecule has 0 aromatic heterocycles. The van der Waals surface area contributed by atoms with Crippen molar-refractivity contribution in [2.24, 2.45) is 11.8 Å². The number of rotatable bonds is 4. The number of hydrogen-bond donors (Lipinski definition) is 2. The zero-order valence-corrected chi connectivity index (χ0v) is 10.9. The fourth-order valence-corrected chi connectivity index (χ4v) is 2.61. The first-order valence-electron chi connectivity index (χ1n) is 6.18. The lowest BCUT2D eigenvalue weighted by molar-refractivity contribution is 0.0538. The molecule has 1 fully saturated rings. The minimum Gasteiger partial charge on any atom is -0.381 e. The van der Waals surface area contributed by atoms with Crippen molar-refractivity contribution in [3.05, 3.63) is 34.6 Å². The van der Waals surface area contributed by atoms with Crippen LogP contribution in [0.2, 0.25) is 5.02 Å². The molecule has 3 N–H and O–H groups in total. The first-order chi connectivity index (χ1) is 8.70. The molecule has 1 atom stereocenters. The Balaban J connectivity index is 2.06. The fourth-order valence-electron chi connectivity index (χ4n) is 2.42. The van der Waals surface area contributed by atoms with Crippen LogP contribution in [0.4, 0.5) is 4.39 Å². The molecule has 1 aromatic rings. The van der Waals surface area contributed by atoms with E-state index < -0.39 is 0 Å². The van der Waals surface area contributed by atoms with E-state index in [-0.39, 0.29) is 11.9 Å². The average Bonchev–Trinajstić information content (AvgIpc) is 2.41. The van der Waals surface area contributed by atoms with E-state index in [0.717, 1.165) is 31.6 Å². The lowest BCUT2D eigenvalue weighted by Crippen LogP contribution is -2.44. The monoisotopic (exact) mass is 272 g/mol. The molecule has 3 nitrogen and oxygen atoms in total. The van der Waals surface area contributed by atoms with Crippen LogP contribution in [-0.4, -0.2) is 19.3 Å². The van der Waals surface area contributed by atoms with Crippen molar-refractivity contribution in [1.82, 2.24) is 5.43 Å². The van der Waals surface area contributed by atoms with Crippen LogP contribution in [0, 0.1) is 11.7 Å². The molecule has 1 heterocycles. The zero-order valence-electron chi connectivity index (χ0n) is 10.2. The van der Waals surface area contributed by atoms with E-state index >= 15 is 0 Å². The molecule has 1 saturated heterocycles. The Morgan fingerprint density at radius 3 is 2.83 bits per heavy atom. The molecule has 1 aliphatic rings. The Bertz CT molecular complexity index is 397. The van der Waals surface area contributed by atoms with Gasteiger partial charge in [0.15, 0.2) is 0 Å². The molecule has 0 saturated carbocycles. The molecule has 0 radical (unpaired) electrons. The minimum absolute atomic E-state index is 0.105. The molecule has 1 unspecified atom stereocenters. The van der Waals surface area contributed by atoms with Crippen LogP contribution in [0.1, 0.15) is 18.4 Å². The Hall–Kier alpha value is -0.680. The van der Waals surface area contributed by atoms with Crippen molar-refractivity contribution < 1.29 is 9.13 Å². The highest BCUT2D eigenvalue weighted by Gasteiger charge is 2.24. The Kier molecular flexibility index (Phi) is 4.95. The summed E-state index contributed by atoms with van der Waals surface area (Å²) in [6.45, 7) is 1.53. The van der Waals surface area contributed by atoms with Gasteiger partial charge in [0.05, 0.1) is 0 Å². The van der Waals surface area contributed by atoms with Gasteiger partial charge >= 0.3 is 0 Å². The number of nitrogens with one attached hydrogen (secondary N) is 1. The maximum Gasteiger partial charge on any atom is 0.123 e. The molecule has 5 heteroatoms. The van der Waals surface area contributed by atoms with E-state index in [1.165, 1.54) is 12.1 Å². The van der Waals surface area contributed by atoms with Gasteiger partial charge in [-0.1, -0.05) is 11.6 Å². The van der Waals surface area contributed by atoms with Gasteiger partial charge < -0.3 is 4.74 Å². The molecule has 0 bridgehead atoms. The maximum atomic E-state index is 13.2. The Labute approximate surface area is 111 Å². The lowest BCUT2D eigenvalue weighted by Gasteiger charge is -2.30. The van der Waals surface area contributed by atoms with Crippen molar-refractivity contribution in [3.63, 3.8) is 0 Å². The van der Waals surface area contributed by atoms with Gasteiger partial charge in [0.1, 0.15) is 5.82 Å². The molecule has 1 aromatic carbocycles. The largest absolute Gasteiger partial charge is 0.381 e. The van der Waals surface area contributed by atoms with E-state index in [0.29, 0.717) is 17.4 Å². The van der Waals surface area contributed by atoms with Gasteiger partial charge in [0.25, 0.3) is 0 Å². The average molecular weight is 273 g/mol. The second-order valence-corrected chi connectivity index (χ2v) is 5.07. The quantitative estimate of drug-likeness (QED) is 0.653. The van der Waals surface area contributed by atoms with E-state index in [2.05, 4.69) is 5.43 Å². The number of benzene rings is 1. The number of hydrazine groups is 1. The number of ether oxygens (including phenoxy) is 1. The first-order valence-corrected chi connectivity index (χ1v) is 6.56. The molecule has 100 valence electrons. The van der Waals surface area contributed by atoms with Crippen LogP contribution in [0.3, 0.4) is 0 Å². The summed E-state index contributed by atoms with van der Waals surface area (Å²) in [6.07, 6.45) is 2.58. The molecule has 0 amide bonds. The van der Waals surface area contributed by atoms with Crippen molar-refractivity contribution in [2.75, 3.05) is 13.2 Å². The van der Waals surface area contributed by atoms with Crippen LogP contribution >= 0.6 is 11.6 Å². The predicted octanol–water partition coefficient (Wildman–Crippen LogP) is 2.28.